The van der Waals surface area contributed by atoms with Crippen LogP contribution in [-0.4, -0.2) is 41.2 Å². The predicted octanol–water partition coefficient (Wildman–Crippen LogP) is 4.40. The van der Waals surface area contributed by atoms with Gasteiger partial charge in [0.2, 0.25) is 0 Å². The fourth-order valence-corrected chi connectivity index (χ4v) is 4.03. The Hall–Kier alpha value is -3.00. The van der Waals surface area contributed by atoms with Crippen molar-refractivity contribution < 1.29 is 23.9 Å². The molecule has 32 heavy (non-hydrogen) atoms. The van der Waals surface area contributed by atoms with Crippen LogP contribution in [0.5, 0.6) is 0 Å². The third-order valence-electron chi connectivity index (χ3n) is 5.37. The van der Waals surface area contributed by atoms with E-state index in [9.17, 15) is 19.2 Å². The Bertz CT molecular complexity index is 1050. The summed E-state index contributed by atoms with van der Waals surface area (Å²) >= 11 is 3.44. The molecule has 1 aliphatic rings. The molecule has 0 saturated carbocycles. The minimum atomic E-state index is -1.08. The number of amides is 3. The van der Waals surface area contributed by atoms with E-state index in [-0.39, 0.29) is 17.5 Å². The Balaban J connectivity index is 1.69. The van der Waals surface area contributed by atoms with Gasteiger partial charge in [0, 0.05) is 10.2 Å². The number of aryl methyl sites for hydroxylation is 2. The van der Waals surface area contributed by atoms with Gasteiger partial charge in [-0.3, -0.25) is 19.3 Å². The van der Waals surface area contributed by atoms with Crippen LogP contribution >= 0.6 is 15.9 Å². The lowest BCUT2D eigenvalue weighted by Gasteiger charge is -2.24. The van der Waals surface area contributed by atoms with Crippen molar-refractivity contribution in [1.29, 1.82) is 0 Å². The van der Waals surface area contributed by atoms with E-state index in [1.165, 1.54) is 0 Å². The lowest BCUT2D eigenvalue weighted by atomic mass is 10.1. The summed E-state index contributed by atoms with van der Waals surface area (Å²) < 4.78 is 6.16. The van der Waals surface area contributed by atoms with Crippen molar-refractivity contribution in [3.05, 3.63) is 63.1 Å². The number of carbonyl (C=O) groups excluding carboxylic acids is 4. The van der Waals surface area contributed by atoms with E-state index in [1.807, 2.05) is 32.9 Å². The Morgan fingerprint density at radius 1 is 1.06 bits per heavy atom. The second kappa shape index (κ2) is 10.1. The molecule has 8 heteroatoms. The smallest absolute Gasteiger partial charge is 0.329 e. The Morgan fingerprint density at radius 3 is 2.28 bits per heavy atom. The number of hydrogen-bond acceptors (Lipinski definition) is 5. The molecular weight excluding hydrogens is 476 g/mol. The molecule has 0 bridgehead atoms. The van der Waals surface area contributed by atoms with E-state index in [2.05, 4.69) is 21.2 Å². The highest BCUT2D eigenvalue weighted by Gasteiger charge is 2.43. The number of esters is 1. The van der Waals surface area contributed by atoms with Crippen molar-refractivity contribution in [2.45, 2.75) is 46.1 Å². The van der Waals surface area contributed by atoms with Crippen LogP contribution in [-0.2, 0) is 14.3 Å². The molecule has 0 aromatic heterocycles. The summed E-state index contributed by atoms with van der Waals surface area (Å²) in [6.07, 6.45) is 1.67. The number of benzene rings is 2. The third-order valence-corrected chi connectivity index (χ3v) is 6.22. The van der Waals surface area contributed by atoms with Crippen molar-refractivity contribution in [2.75, 3.05) is 11.9 Å². The normalized spacial score (nSPS) is 13.7. The van der Waals surface area contributed by atoms with Crippen molar-refractivity contribution in [2.24, 2.45) is 0 Å². The first-order valence-corrected chi connectivity index (χ1v) is 11.2. The molecule has 0 spiro atoms. The zero-order valence-corrected chi connectivity index (χ0v) is 19.8. The number of anilines is 1. The average molecular weight is 501 g/mol. The maximum atomic E-state index is 12.8. The summed E-state index contributed by atoms with van der Waals surface area (Å²) in [5, 5.41) is 2.73. The SMILES string of the molecule is CCCC[C@H](C(=O)OCC(=O)Nc1cc(C)c(Br)cc1C)N1C(=O)c2ccccc2C1=O. The number of nitrogens with zero attached hydrogens (tertiary/aromatic N) is 1. The Kier molecular flexibility index (Phi) is 7.45. The molecule has 168 valence electrons. The van der Waals surface area contributed by atoms with Crippen LogP contribution in [0.25, 0.3) is 0 Å². The zero-order chi connectivity index (χ0) is 23.4. The highest BCUT2D eigenvalue weighted by molar-refractivity contribution is 9.10. The van der Waals surface area contributed by atoms with Gasteiger partial charge in [-0.05, 0) is 55.7 Å². The van der Waals surface area contributed by atoms with Crippen LogP contribution in [0, 0.1) is 13.8 Å². The first-order valence-electron chi connectivity index (χ1n) is 10.4. The topological polar surface area (TPSA) is 92.8 Å². The van der Waals surface area contributed by atoms with Crippen LogP contribution in [0.1, 0.15) is 58.0 Å². The summed E-state index contributed by atoms with van der Waals surface area (Å²) in [4.78, 5) is 51.8. The molecule has 1 aliphatic heterocycles. The van der Waals surface area contributed by atoms with Crippen molar-refractivity contribution >= 4 is 45.3 Å². The third kappa shape index (κ3) is 4.91. The lowest BCUT2D eigenvalue weighted by molar-refractivity contribution is -0.151. The second-order valence-corrected chi connectivity index (χ2v) is 8.61. The van der Waals surface area contributed by atoms with E-state index in [0.29, 0.717) is 12.1 Å². The molecule has 0 saturated heterocycles. The number of carbonyl (C=O) groups is 4. The van der Waals surface area contributed by atoms with Crippen LogP contribution in [0.3, 0.4) is 0 Å². The molecule has 0 unspecified atom stereocenters. The molecule has 1 heterocycles. The van der Waals surface area contributed by atoms with Crippen LogP contribution in [0.15, 0.2) is 40.9 Å². The summed E-state index contributed by atoms with van der Waals surface area (Å²) in [6, 6.07) is 9.10. The van der Waals surface area contributed by atoms with Gasteiger partial charge in [0.05, 0.1) is 11.1 Å². The molecular formula is C24H25BrN2O5. The molecule has 7 nitrogen and oxygen atoms in total. The van der Waals surface area contributed by atoms with Crippen molar-refractivity contribution in [3.8, 4) is 0 Å². The first-order chi connectivity index (χ1) is 15.2. The minimum absolute atomic E-state index is 0.269. The molecule has 0 aliphatic carbocycles. The van der Waals surface area contributed by atoms with Gasteiger partial charge >= 0.3 is 5.97 Å². The monoisotopic (exact) mass is 500 g/mol. The average Bonchev–Trinajstić information content (AvgIpc) is 3.02. The number of nitrogens with one attached hydrogen (secondary N) is 1. The van der Waals surface area contributed by atoms with Crippen LogP contribution in [0.4, 0.5) is 5.69 Å². The molecule has 1 atom stereocenters. The fraction of sp³-hybridized carbons (Fsp3) is 0.333. The molecule has 3 amide bonds. The predicted molar refractivity (Wildman–Crippen MR) is 123 cm³/mol. The molecule has 0 fully saturated rings. The van der Waals surface area contributed by atoms with Gasteiger partial charge in [0.1, 0.15) is 6.04 Å². The number of halogens is 1. The van der Waals surface area contributed by atoms with E-state index < -0.39 is 36.3 Å². The fourth-order valence-electron chi connectivity index (χ4n) is 3.58. The minimum Gasteiger partial charge on any atom is -0.454 e. The van der Waals surface area contributed by atoms with E-state index in [0.717, 1.165) is 26.9 Å². The first kappa shape index (κ1) is 23.7. The van der Waals surface area contributed by atoms with Gasteiger partial charge < -0.3 is 10.1 Å². The van der Waals surface area contributed by atoms with E-state index >= 15 is 0 Å². The van der Waals surface area contributed by atoms with Crippen LogP contribution < -0.4 is 5.32 Å². The second-order valence-electron chi connectivity index (χ2n) is 7.76. The number of ether oxygens (including phenoxy) is 1. The number of hydrogen-bond donors (Lipinski definition) is 1. The summed E-state index contributed by atoms with van der Waals surface area (Å²) in [5.41, 5.74) is 2.97. The number of rotatable bonds is 8. The van der Waals surface area contributed by atoms with Gasteiger partial charge in [-0.2, -0.15) is 0 Å². The van der Waals surface area contributed by atoms with Gasteiger partial charge in [-0.1, -0.05) is 47.8 Å². The molecule has 1 N–H and O–H groups in total. The lowest BCUT2D eigenvalue weighted by Crippen LogP contribution is -2.46. The van der Waals surface area contributed by atoms with Gasteiger partial charge in [-0.25, -0.2) is 4.79 Å². The summed E-state index contributed by atoms with van der Waals surface area (Å²) in [6.45, 7) is 5.19. The Labute approximate surface area is 195 Å². The van der Waals surface area contributed by atoms with E-state index in [1.54, 1.807) is 24.3 Å². The summed E-state index contributed by atoms with van der Waals surface area (Å²) in [7, 11) is 0. The highest BCUT2D eigenvalue weighted by atomic mass is 79.9. The van der Waals surface area contributed by atoms with E-state index in [4.69, 9.17) is 4.74 Å². The largest absolute Gasteiger partial charge is 0.454 e. The maximum Gasteiger partial charge on any atom is 0.329 e. The maximum absolute atomic E-state index is 12.8. The van der Waals surface area contributed by atoms with Gasteiger partial charge in [0.25, 0.3) is 17.7 Å². The number of fused-ring (bicyclic) bond motifs is 1. The standard InChI is InChI=1S/C24H25BrN2O5/c1-4-5-10-20(27-22(29)16-8-6-7-9-17(16)23(27)30)24(31)32-13-21(28)26-19-12-14(2)18(25)11-15(19)3/h6-9,11-12,20H,4-5,10,13H2,1-3H3,(H,26,28)/t20-/m1/s1. The Morgan fingerprint density at radius 2 is 1.69 bits per heavy atom. The van der Waals surface area contributed by atoms with Crippen LogP contribution in [0.2, 0.25) is 0 Å². The number of unbranched alkanes of at least 4 members (excludes halogenated alkanes) is 1. The summed E-state index contributed by atoms with van der Waals surface area (Å²) in [5.74, 6) is -2.31. The number of imide groups is 1. The van der Waals surface area contributed by atoms with Gasteiger partial charge in [-0.15, -0.1) is 0 Å². The van der Waals surface area contributed by atoms with Crippen molar-refractivity contribution in [3.63, 3.8) is 0 Å². The quantitative estimate of drug-likeness (QED) is 0.428. The molecule has 3 rings (SSSR count). The molecule has 2 aromatic carbocycles. The molecule has 2 aromatic rings. The molecule has 0 radical (unpaired) electrons. The van der Waals surface area contributed by atoms with Crippen molar-refractivity contribution in [1.82, 2.24) is 4.90 Å². The highest BCUT2D eigenvalue weighted by Crippen LogP contribution is 2.27. The van der Waals surface area contributed by atoms with Gasteiger partial charge in [0.15, 0.2) is 6.61 Å². The zero-order valence-electron chi connectivity index (χ0n) is 18.2.